The Balaban J connectivity index is 1.83. The minimum atomic E-state index is -4.72. The van der Waals surface area contributed by atoms with Gasteiger partial charge >= 0.3 is 6.18 Å². The van der Waals surface area contributed by atoms with Crippen molar-refractivity contribution in [3.63, 3.8) is 0 Å². The van der Waals surface area contributed by atoms with Crippen molar-refractivity contribution >= 4 is 11.8 Å². The number of rotatable bonds is 8. The summed E-state index contributed by atoms with van der Waals surface area (Å²) >= 11 is 1.62. The summed E-state index contributed by atoms with van der Waals surface area (Å²) in [5.74, 6) is 0.418. The van der Waals surface area contributed by atoms with Gasteiger partial charge in [-0.1, -0.05) is 19.1 Å². The molecule has 8 nitrogen and oxygen atoms in total. The Kier molecular flexibility index (Phi) is 8.06. The van der Waals surface area contributed by atoms with Gasteiger partial charge in [0.15, 0.2) is 0 Å². The summed E-state index contributed by atoms with van der Waals surface area (Å²) in [5.41, 5.74) is -0.518. The topological polar surface area (TPSA) is 128 Å². The van der Waals surface area contributed by atoms with Crippen molar-refractivity contribution in [2.24, 2.45) is 0 Å². The van der Waals surface area contributed by atoms with Gasteiger partial charge in [0.25, 0.3) is 0 Å². The zero-order valence-electron chi connectivity index (χ0n) is 17.1. The van der Waals surface area contributed by atoms with Crippen molar-refractivity contribution < 1.29 is 43.1 Å². The van der Waals surface area contributed by atoms with E-state index in [9.17, 15) is 33.6 Å². The van der Waals surface area contributed by atoms with Crippen LogP contribution in [0.4, 0.5) is 13.2 Å². The average molecular weight is 478 g/mol. The van der Waals surface area contributed by atoms with Crippen molar-refractivity contribution in [2.75, 3.05) is 12.4 Å². The predicted octanol–water partition coefficient (Wildman–Crippen LogP) is 1.50. The molecule has 2 aromatic rings. The first-order valence-corrected chi connectivity index (χ1v) is 11.0. The number of alkyl halides is 3. The molecule has 0 saturated carbocycles. The van der Waals surface area contributed by atoms with Crippen LogP contribution < -0.4 is 4.74 Å². The van der Waals surface area contributed by atoms with Crippen LogP contribution in [0.5, 0.6) is 5.88 Å². The maximum atomic E-state index is 13.5. The van der Waals surface area contributed by atoms with Crippen LogP contribution in [-0.2, 0) is 23.8 Å². The normalized spacial score (nSPS) is 26.3. The fourth-order valence-corrected chi connectivity index (χ4v) is 4.16. The van der Waals surface area contributed by atoms with Gasteiger partial charge in [0.05, 0.1) is 6.61 Å². The molecule has 178 valence electrons. The standard InChI is InChI=1S/C20H25F3N2O6S/c1-2-32-11-5-3-4-10(8-11)6-7-12-17(20(21,22)23)24-25-18(12)31-19-16(29)15(28)14(27)13(9-26)30-19/h3-5,8,13-16,19,26-29H,2,6-7,9H2,1H3,(H,24,25)/t13-,14-,15+,16-,19+/m1/s1. The Labute approximate surface area is 186 Å². The Morgan fingerprint density at radius 1 is 1.16 bits per heavy atom. The van der Waals surface area contributed by atoms with E-state index in [1.54, 1.807) is 11.8 Å². The Morgan fingerprint density at radius 2 is 1.91 bits per heavy atom. The highest BCUT2D eigenvalue weighted by molar-refractivity contribution is 7.99. The van der Waals surface area contributed by atoms with Crippen molar-refractivity contribution in [3.8, 4) is 5.88 Å². The van der Waals surface area contributed by atoms with E-state index in [0.717, 1.165) is 16.2 Å². The number of aryl methyl sites for hydroxylation is 1. The van der Waals surface area contributed by atoms with Crippen LogP contribution in [0, 0.1) is 0 Å². The number of aliphatic hydroxyl groups is 4. The molecule has 1 aromatic heterocycles. The quantitative estimate of drug-likeness (QED) is 0.361. The van der Waals surface area contributed by atoms with Gasteiger partial charge in [-0.15, -0.1) is 16.9 Å². The highest BCUT2D eigenvalue weighted by Crippen LogP contribution is 2.36. The van der Waals surface area contributed by atoms with Crippen LogP contribution in [0.25, 0.3) is 0 Å². The van der Waals surface area contributed by atoms with E-state index in [-0.39, 0.29) is 18.4 Å². The monoisotopic (exact) mass is 478 g/mol. The second-order valence-corrected chi connectivity index (χ2v) is 8.61. The summed E-state index contributed by atoms with van der Waals surface area (Å²) in [7, 11) is 0. The zero-order chi connectivity index (χ0) is 23.5. The summed E-state index contributed by atoms with van der Waals surface area (Å²) in [4.78, 5) is 1.01. The predicted molar refractivity (Wildman–Crippen MR) is 108 cm³/mol. The van der Waals surface area contributed by atoms with Gasteiger partial charge in [-0.2, -0.15) is 13.2 Å². The highest BCUT2D eigenvalue weighted by Gasteiger charge is 2.46. The van der Waals surface area contributed by atoms with Gasteiger partial charge in [0.2, 0.25) is 12.2 Å². The smallest absolute Gasteiger partial charge is 0.433 e. The van der Waals surface area contributed by atoms with Crippen LogP contribution in [0.3, 0.4) is 0 Å². The zero-order valence-corrected chi connectivity index (χ0v) is 17.9. The van der Waals surface area contributed by atoms with Crippen molar-refractivity contribution in [2.45, 2.75) is 61.5 Å². The number of ether oxygens (including phenoxy) is 2. The summed E-state index contributed by atoms with van der Waals surface area (Å²) in [5, 5.41) is 44.7. The SMILES string of the molecule is CCSc1cccc(CCc2c(O[C@@H]3O[C@H](CO)[C@@H](O)[C@H](O)[C@H]3O)n[nH]c2C(F)(F)F)c1. The lowest BCUT2D eigenvalue weighted by molar-refractivity contribution is -0.278. The van der Waals surface area contributed by atoms with E-state index in [1.807, 2.05) is 36.3 Å². The number of nitrogens with one attached hydrogen (secondary N) is 1. The molecule has 32 heavy (non-hydrogen) atoms. The van der Waals surface area contributed by atoms with E-state index >= 15 is 0 Å². The molecular formula is C20H25F3N2O6S. The fourth-order valence-electron chi connectivity index (χ4n) is 3.41. The Hall–Kier alpha value is -1.83. The molecule has 0 spiro atoms. The third-order valence-corrected chi connectivity index (χ3v) is 5.94. The first-order valence-electron chi connectivity index (χ1n) is 9.99. The molecule has 1 aromatic carbocycles. The number of hydrogen-bond acceptors (Lipinski definition) is 8. The second-order valence-electron chi connectivity index (χ2n) is 7.28. The Morgan fingerprint density at radius 3 is 2.56 bits per heavy atom. The molecule has 0 bridgehead atoms. The molecule has 0 radical (unpaired) electrons. The number of hydrogen-bond donors (Lipinski definition) is 5. The molecule has 3 rings (SSSR count). The lowest BCUT2D eigenvalue weighted by Gasteiger charge is -2.39. The third kappa shape index (κ3) is 5.56. The number of nitrogens with zero attached hydrogens (tertiary/aromatic N) is 1. The number of thioether (sulfide) groups is 1. The van der Waals surface area contributed by atoms with Crippen molar-refractivity contribution in [3.05, 3.63) is 41.1 Å². The molecule has 0 unspecified atom stereocenters. The molecular weight excluding hydrogens is 453 g/mol. The maximum Gasteiger partial charge on any atom is 0.433 e. The van der Waals surface area contributed by atoms with Gasteiger partial charge in [-0.25, -0.2) is 0 Å². The van der Waals surface area contributed by atoms with Gasteiger partial charge in [0.1, 0.15) is 30.1 Å². The van der Waals surface area contributed by atoms with Gasteiger partial charge in [-0.05, 0) is 36.3 Å². The first kappa shape index (κ1) is 24.8. The molecule has 12 heteroatoms. The second kappa shape index (κ2) is 10.4. The van der Waals surface area contributed by atoms with Crippen LogP contribution >= 0.6 is 11.8 Å². The lowest BCUT2D eigenvalue weighted by atomic mass is 9.99. The average Bonchev–Trinajstić information content (AvgIpc) is 3.16. The van der Waals surface area contributed by atoms with Crippen molar-refractivity contribution in [1.29, 1.82) is 0 Å². The lowest BCUT2D eigenvalue weighted by Crippen LogP contribution is -2.60. The number of halogens is 3. The molecule has 1 aliphatic heterocycles. The molecule has 1 aliphatic rings. The van der Waals surface area contributed by atoms with Crippen LogP contribution in [0.2, 0.25) is 0 Å². The number of aromatic amines is 1. The van der Waals surface area contributed by atoms with Crippen LogP contribution in [0.1, 0.15) is 23.7 Å². The summed E-state index contributed by atoms with van der Waals surface area (Å²) < 4.78 is 51.2. The molecule has 0 aliphatic carbocycles. The summed E-state index contributed by atoms with van der Waals surface area (Å²) in [6.45, 7) is 1.30. The van der Waals surface area contributed by atoms with Gasteiger partial charge in [-0.3, -0.25) is 5.10 Å². The minimum Gasteiger partial charge on any atom is -0.443 e. The van der Waals surface area contributed by atoms with Crippen LogP contribution in [-0.4, -0.2) is 73.7 Å². The molecule has 5 N–H and O–H groups in total. The molecule has 0 amide bonds. The summed E-state index contributed by atoms with van der Waals surface area (Å²) in [6, 6.07) is 7.47. The minimum absolute atomic E-state index is 0.0711. The number of aromatic nitrogens is 2. The molecule has 1 fully saturated rings. The molecule has 2 heterocycles. The number of aliphatic hydroxyl groups excluding tert-OH is 4. The first-order chi connectivity index (χ1) is 15.2. The number of H-pyrrole nitrogens is 1. The van der Waals surface area contributed by atoms with E-state index in [2.05, 4.69) is 5.10 Å². The Bertz CT molecular complexity index is 894. The fraction of sp³-hybridized carbons (Fsp3) is 0.550. The number of benzene rings is 1. The van der Waals surface area contributed by atoms with E-state index in [4.69, 9.17) is 9.47 Å². The van der Waals surface area contributed by atoms with Gasteiger partial charge < -0.3 is 29.9 Å². The maximum absolute atomic E-state index is 13.5. The van der Waals surface area contributed by atoms with E-state index in [0.29, 0.717) is 0 Å². The van der Waals surface area contributed by atoms with Gasteiger partial charge in [0, 0.05) is 10.5 Å². The largest absolute Gasteiger partial charge is 0.443 e. The summed E-state index contributed by atoms with van der Waals surface area (Å²) in [6.07, 6.45) is -12.5. The van der Waals surface area contributed by atoms with E-state index < -0.39 is 55.1 Å². The highest BCUT2D eigenvalue weighted by atomic mass is 32.2. The van der Waals surface area contributed by atoms with Crippen LogP contribution in [0.15, 0.2) is 29.2 Å². The molecule has 1 saturated heterocycles. The van der Waals surface area contributed by atoms with Crippen molar-refractivity contribution in [1.82, 2.24) is 10.2 Å². The third-order valence-electron chi connectivity index (χ3n) is 5.06. The van der Waals surface area contributed by atoms with E-state index in [1.165, 1.54) is 0 Å². The molecule has 5 atom stereocenters.